The van der Waals surface area contributed by atoms with Crippen molar-refractivity contribution in [2.24, 2.45) is 0 Å². The molecule has 0 aliphatic rings. The van der Waals surface area contributed by atoms with Gasteiger partial charge in [0, 0.05) is 0 Å². The zero-order valence-corrected chi connectivity index (χ0v) is 10.6. The van der Waals surface area contributed by atoms with Crippen LogP contribution in [0.4, 0.5) is 8.78 Å². The van der Waals surface area contributed by atoms with Gasteiger partial charge in [-0.15, -0.1) is 0 Å². The maximum Gasteiger partial charge on any atom is 0.357 e. The van der Waals surface area contributed by atoms with Gasteiger partial charge >= 0.3 is 11.2 Å². The summed E-state index contributed by atoms with van der Waals surface area (Å²) in [5.41, 5.74) is -0.261. The van der Waals surface area contributed by atoms with Crippen molar-refractivity contribution in [1.29, 1.82) is 0 Å². The van der Waals surface area contributed by atoms with E-state index in [2.05, 4.69) is 16.1 Å². The van der Waals surface area contributed by atoms with Crippen LogP contribution in [0, 0.1) is 0 Å². The summed E-state index contributed by atoms with van der Waals surface area (Å²) in [6, 6.07) is 0. The van der Waals surface area contributed by atoms with Crippen LogP contribution >= 0.6 is 0 Å². The molecule has 0 aromatic heterocycles. The molecule has 0 heterocycles. The SMILES string of the molecule is C=C(COCC(F)(F)S(=O)(=O)[O-])C(=O)OC(C)C. The number of alkyl halides is 2. The van der Waals surface area contributed by atoms with E-state index in [1.165, 1.54) is 0 Å². The smallest absolute Gasteiger partial charge is 0.357 e. The van der Waals surface area contributed by atoms with E-state index >= 15 is 0 Å². The second kappa shape index (κ2) is 6.21. The minimum atomic E-state index is -5.79. The Balaban J connectivity index is 4.22. The lowest BCUT2D eigenvalue weighted by molar-refractivity contribution is -0.143. The highest BCUT2D eigenvalue weighted by molar-refractivity contribution is 7.86. The molecular weight excluding hydrogens is 274 g/mol. The van der Waals surface area contributed by atoms with E-state index in [0.717, 1.165) is 0 Å². The summed E-state index contributed by atoms with van der Waals surface area (Å²) in [5, 5.41) is -4.55. The van der Waals surface area contributed by atoms with Crippen molar-refractivity contribution >= 4 is 16.1 Å². The van der Waals surface area contributed by atoms with Gasteiger partial charge in [-0.3, -0.25) is 0 Å². The van der Waals surface area contributed by atoms with Gasteiger partial charge in [0.1, 0.15) is 6.61 Å². The Kier molecular flexibility index (Phi) is 5.84. The summed E-state index contributed by atoms with van der Waals surface area (Å²) in [4.78, 5) is 11.1. The van der Waals surface area contributed by atoms with Gasteiger partial charge in [-0.25, -0.2) is 13.2 Å². The lowest BCUT2D eigenvalue weighted by Crippen LogP contribution is -2.34. The minimum absolute atomic E-state index is 0.261. The third-order valence-corrected chi connectivity index (χ3v) is 2.39. The van der Waals surface area contributed by atoms with E-state index in [-0.39, 0.29) is 5.57 Å². The second-order valence-electron chi connectivity index (χ2n) is 3.64. The highest BCUT2D eigenvalue weighted by atomic mass is 32.2. The van der Waals surface area contributed by atoms with Gasteiger partial charge in [-0.2, -0.15) is 8.78 Å². The third-order valence-electron chi connectivity index (χ3n) is 1.54. The number of carbonyl (C=O) groups is 1. The van der Waals surface area contributed by atoms with Gasteiger partial charge in [0.15, 0.2) is 10.1 Å². The number of hydrogen-bond acceptors (Lipinski definition) is 6. The van der Waals surface area contributed by atoms with Crippen LogP contribution in [0.3, 0.4) is 0 Å². The molecule has 106 valence electrons. The summed E-state index contributed by atoms with van der Waals surface area (Å²) in [6.07, 6.45) is -0.419. The summed E-state index contributed by atoms with van der Waals surface area (Å²) in [7, 11) is -5.79. The van der Waals surface area contributed by atoms with E-state index < -0.39 is 40.7 Å². The van der Waals surface area contributed by atoms with Crippen LogP contribution in [0.15, 0.2) is 12.2 Å². The highest BCUT2D eigenvalue weighted by Gasteiger charge is 2.38. The van der Waals surface area contributed by atoms with Crippen molar-refractivity contribution in [3.63, 3.8) is 0 Å². The topological polar surface area (TPSA) is 92.7 Å². The van der Waals surface area contributed by atoms with Crippen molar-refractivity contribution in [3.8, 4) is 0 Å². The van der Waals surface area contributed by atoms with Gasteiger partial charge in [-0.1, -0.05) is 6.58 Å². The summed E-state index contributed by atoms with van der Waals surface area (Å²) in [6.45, 7) is 4.06. The average molecular weight is 287 g/mol. The minimum Gasteiger partial charge on any atom is -0.743 e. The molecule has 0 aliphatic carbocycles. The van der Waals surface area contributed by atoms with Crippen molar-refractivity contribution < 1.29 is 36.0 Å². The van der Waals surface area contributed by atoms with Crippen molar-refractivity contribution in [2.75, 3.05) is 13.2 Å². The zero-order chi connectivity index (χ0) is 14.6. The van der Waals surface area contributed by atoms with Crippen LogP contribution in [0.25, 0.3) is 0 Å². The first-order valence-electron chi connectivity index (χ1n) is 4.77. The van der Waals surface area contributed by atoms with Crippen molar-refractivity contribution in [1.82, 2.24) is 0 Å². The van der Waals surface area contributed by atoms with Crippen molar-refractivity contribution in [3.05, 3.63) is 12.2 Å². The van der Waals surface area contributed by atoms with Gasteiger partial charge in [0.2, 0.25) is 0 Å². The molecule has 0 amide bonds. The molecule has 0 saturated heterocycles. The number of carbonyl (C=O) groups excluding carboxylic acids is 1. The molecule has 0 unspecified atom stereocenters. The molecule has 0 saturated carbocycles. The Morgan fingerprint density at radius 2 is 1.94 bits per heavy atom. The zero-order valence-electron chi connectivity index (χ0n) is 9.81. The Morgan fingerprint density at radius 1 is 1.44 bits per heavy atom. The highest BCUT2D eigenvalue weighted by Crippen LogP contribution is 2.20. The fourth-order valence-corrected chi connectivity index (χ4v) is 0.949. The van der Waals surface area contributed by atoms with Crippen LogP contribution in [0.5, 0.6) is 0 Å². The monoisotopic (exact) mass is 287 g/mol. The summed E-state index contributed by atoms with van der Waals surface area (Å²) in [5.74, 6) is -0.849. The molecule has 0 spiro atoms. The van der Waals surface area contributed by atoms with Gasteiger partial charge in [0.25, 0.3) is 0 Å². The molecule has 0 aliphatic heterocycles. The maximum absolute atomic E-state index is 12.6. The molecule has 0 aromatic rings. The van der Waals surface area contributed by atoms with E-state index in [1.54, 1.807) is 13.8 Å². The van der Waals surface area contributed by atoms with Crippen LogP contribution in [-0.4, -0.2) is 43.5 Å². The molecule has 0 aromatic carbocycles. The molecule has 0 bridgehead atoms. The number of hydrogen-bond donors (Lipinski definition) is 0. The molecule has 0 atom stereocenters. The molecule has 0 fully saturated rings. The lowest BCUT2D eigenvalue weighted by atomic mass is 10.3. The number of ether oxygens (including phenoxy) is 2. The van der Waals surface area contributed by atoms with Gasteiger partial charge in [0.05, 0.1) is 18.3 Å². The molecule has 0 rings (SSSR count). The molecular formula is C9H13F2O6S-. The fourth-order valence-electron chi connectivity index (χ4n) is 0.722. The molecule has 0 N–H and O–H groups in total. The molecule has 6 nitrogen and oxygen atoms in total. The lowest BCUT2D eigenvalue weighted by Gasteiger charge is -2.19. The summed E-state index contributed by atoms with van der Waals surface area (Å²) < 4.78 is 64.5. The van der Waals surface area contributed by atoms with Crippen molar-refractivity contribution in [2.45, 2.75) is 25.2 Å². The van der Waals surface area contributed by atoms with E-state index in [9.17, 15) is 26.5 Å². The number of halogens is 2. The average Bonchev–Trinajstić information content (AvgIpc) is 2.14. The standard InChI is InChI=1S/C9H14F2O6S/c1-6(2)17-8(12)7(3)4-16-5-9(10,11)18(13,14)15/h6H,3-5H2,1-2H3,(H,13,14,15)/p-1. The Hall–Kier alpha value is -1.06. The predicted molar refractivity (Wildman–Crippen MR) is 55.8 cm³/mol. The molecule has 18 heavy (non-hydrogen) atoms. The quantitative estimate of drug-likeness (QED) is 0.388. The largest absolute Gasteiger partial charge is 0.743 e. The Labute approximate surface area is 103 Å². The first-order chi connectivity index (χ1) is 7.97. The maximum atomic E-state index is 12.6. The Bertz CT molecular complexity index is 415. The van der Waals surface area contributed by atoms with Crippen LogP contribution in [0.1, 0.15) is 13.8 Å². The first kappa shape index (κ1) is 16.9. The second-order valence-corrected chi connectivity index (χ2v) is 5.15. The first-order valence-corrected chi connectivity index (χ1v) is 6.18. The van der Waals surface area contributed by atoms with Gasteiger partial charge in [-0.05, 0) is 13.8 Å². The van der Waals surface area contributed by atoms with E-state index in [1.807, 2.05) is 0 Å². The Morgan fingerprint density at radius 3 is 2.33 bits per heavy atom. The number of rotatable bonds is 7. The van der Waals surface area contributed by atoms with Crippen LogP contribution < -0.4 is 0 Å². The van der Waals surface area contributed by atoms with Gasteiger partial charge < -0.3 is 14.0 Å². The number of esters is 1. The van der Waals surface area contributed by atoms with E-state index in [0.29, 0.717) is 0 Å². The third kappa shape index (κ3) is 5.52. The summed E-state index contributed by atoms with van der Waals surface area (Å²) >= 11 is 0. The van der Waals surface area contributed by atoms with Crippen LogP contribution in [-0.2, 0) is 24.4 Å². The van der Waals surface area contributed by atoms with Crippen LogP contribution in [0.2, 0.25) is 0 Å². The fraction of sp³-hybridized carbons (Fsp3) is 0.667. The molecule has 0 radical (unpaired) electrons. The predicted octanol–water partition coefficient (Wildman–Crippen LogP) is 0.649. The normalized spacial score (nSPS) is 12.6. The molecule has 9 heteroatoms. The van der Waals surface area contributed by atoms with E-state index in [4.69, 9.17) is 0 Å².